The number of nitrogens with zero attached hydrogens (tertiary/aromatic N) is 2. The number of H-pyrrole nitrogens is 1. The molecule has 0 spiro atoms. The first-order valence-corrected chi connectivity index (χ1v) is 8.74. The Labute approximate surface area is 150 Å². The van der Waals surface area contributed by atoms with Crippen molar-refractivity contribution in [1.29, 1.82) is 0 Å². The molecule has 1 aromatic carbocycles. The molecule has 8 heteroatoms. The highest BCUT2D eigenvalue weighted by atomic mass is 35.5. The smallest absolute Gasteiger partial charge is 0.270 e. The number of aliphatic hydroxyl groups excluding tert-OH is 1. The van der Waals surface area contributed by atoms with Crippen LogP contribution < -0.4 is 10.9 Å². The van der Waals surface area contributed by atoms with E-state index in [1.54, 1.807) is 16.8 Å². The maximum absolute atomic E-state index is 13.3. The molecule has 25 heavy (non-hydrogen) atoms. The van der Waals surface area contributed by atoms with E-state index in [4.69, 9.17) is 16.7 Å². The Kier molecular flexibility index (Phi) is 5.90. The van der Waals surface area contributed by atoms with Crippen LogP contribution in [0.25, 0.3) is 0 Å². The van der Waals surface area contributed by atoms with Crippen molar-refractivity contribution in [2.24, 2.45) is 0 Å². The molecule has 1 aromatic heterocycles. The lowest BCUT2D eigenvalue weighted by Crippen LogP contribution is -2.32. The number of aromatic amines is 1. The van der Waals surface area contributed by atoms with Gasteiger partial charge in [0.15, 0.2) is 0 Å². The summed E-state index contributed by atoms with van der Waals surface area (Å²) in [5, 5.41) is 15.1. The lowest BCUT2D eigenvalue weighted by atomic mass is 10.1. The first-order chi connectivity index (χ1) is 12.1. The third-order valence-corrected chi connectivity index (χ3v) is 4.68. The first kappa shape index (κ1) is 18.1. The first-order valence-electron chi connectivity index (χ1n) is 8.37. The van der Waals surface area contributed by atoms with Gasteiger partial charge in [0.05, 0.1) is 23.9 Å². The van der Waals surface area contributed by atoms with Gasteiger partial charge in [0.2, 0.25) is 0 Å². The summed E-state index contributed by atoms with van der Waals surface area (Å²) >= 11 is 5.84. The summed E-state index contributed by atoms with van der Waals surface area (Å²) < 4.78 is 14.9. The van der Waals surface area contributed by atoms with Crippen molar-refractivity contribution in [3.05, 3.63) is 56.2 Å². The summed E-state index contributed by atoms with van der Waals surface area (Å²) in [6.07, 6.45) is 0.691. The van der Waals surface area contributed by atoms with Crippen molar-refractivity contribution in [2.75, 3.05) is 26.2 Å². The van der Waals surface area contributed by atoms with Gasteiger partial charge in [0, 0.05) is 38.3 Å². The summed E-state index contributed by atoms with van der Waals surface area (Å²) in [5.74, 6) is -0.414. The highest BCUT2D eigenvalue weighted by Crippen LogP contribution is 2.20. The fourth-order valence-electron chi connectivity index (χ4n) is 3.12. The molecule has 0 unspecified atom stereocenters. The maximum Gasteiger partial charge on any atom is 0.270 e. The largest absolute Gasteiger partial charge is 0.395 e. The molecule has 2 heterocycles. The Bertz CT molecular complexity index is 789. The Hall–Kier alpha value is -1.67. The number of aliphatic hydroxyl groups is 1. The van der Waals surface area contributed by atoms with E-state index in [0.29, 0.717) is 39.1 Å². The molecule has 136 valence electrons. The van der Waals surface area contributed by atoms with Crippen molar-refractivity contribution in [3.63, 3.8) is 0 Å². The quantitative estimate of drug-likeness (QED) is 0.640. The van der Waals surface area contributed by atoms with Crippen molar-refractivity contribution in [1.82, 2.24) is 20.0 Å². The molecule has 2 aromatic rings. The van der Waals surface area contributed by atoms with Crippen LogP contribution in [-0.4, -0.2) is 46.0 Å². The normalized spacial score (nSPS) is 14.7. The molecule has 0 saturated heterocycles. The third-order valence-electron chi connectivity index (χ3n) is 4.39. The number of rotatable bonds is 7. The van der Waals surface area contributed by atoms with Crippen LogP contribution in [0.15, 0.2) is 23.0 Å². The van der Waals surface area contributed by atoms with Gasteiger partial charge in [-0.3, -0.25) is 19.5 Å². The lowest BCUT2D eigenvalue weighted by Gasteiger charge is -2.26. The molecule has 0 atom stereocenters. The second kappa shape index (κ2) is 8.14. The Balaban J connectivity index is 1.64. The van der Waals surface area contributed by atoms with Gasteiger partial charge >= 0.3 is 0 Å². The van der Waals surface area contributed by atoms with E-state index < -0.39 is 5.82 Å². The number of nitrogens with one attached hydrogen (secondary N) is 2. The van der Waals surface area contributed by atoms with Crippen LogP contribution in [0, 0.1) is 5.82 Å². The minimum atomic E-state index is -0.414. The van der Waals surface area contributed by atoms with E-state index in [9.17, 15) is 9.18 Å². The topological polar surface area (TPSA) is 73.3 Å². The van der Waals surface area contributed by atoms with Crippen LogP contribution in [0.1, 0.15) is 16.8 Å². The second-order valence-electron chi connectivity index (χ2n) is 6.21. The second-order valence-corrected chi connectivity index (χ2v) is 6.62. The zero-order chi connectivity index (χ0) is 17.8. The van der Waals surface area contributed by atoms with Crippen LogP contribution >= 0.6 is 11.6 Å². The van der Waals surface area contributed by atoms with Crippen molar-refractivity contribution in [2.45, 2.75) is 26.1 Å². The summed E-state index contributed by atoms with van der Waals surface area (Å²) in [7, 11) is 0. The monoisotopic (exact) mass is 368 g/mol. The average Bonchev–Trinajstić information content (AvgIpc) is 2.91. The van der Waals surface area contributed by atoms with E-state index in [-0.39, 0.29) is 17.2 Å². The van der Waals surface area contributed by atoms with Gasteiger partial charge in [0.1, 0.15) is 5.82 Å². The Morgan fingerprint density at radius 1 is 1.36 bits per heavy atom. The third kappa shape index (κ3) is 4.30. The minimum Gasteiger partial charge on any atom is -0.395 e. The summed E-state index contributed by atoms with van der Waals surface area (Å²) in [5.41, 5.74) is 2.76. The number of halogens is 2. The number of hydrogen-bond acceptors (Lipinski definition) is 4. The molecule has 1 aliphatic rings. The van der Waals surface area contributed by atoms with E-state index in [2.05, 4.69) is 15.3 Å². The molecule has 0 saturated carbocycles. The van der Waals surface area contributed by atoms with Gasteiger partial charge in [-0.2, -0.15) is 0 Å². The fraction of sp³-hybridized carbons (Fsp3) is 0.471. The van der Waals surface area contributed by atoms with Gasteiger partial charge < -0.3 is 10.4 Å². The summed E-state index contributed by atoms with van der Waals surface area (Å²) in [6.45, 7) is 3.85. The van der Waals surface area contributed by atoms with E-state index >= 15 is 0 Å². The molecule has 1 aliphatic heterocycles. The lowest BCUT2D eigenvalue weighted by molar-refractivity contribution is 0.242. The standard InChI is InChI=1S/C17H22ClFN4O2/c18-14-9-12(1-2-15(14)19)10-22-6-3-13-16(11-22)21-23(17(13)25)7-4-20-5-8-24/h1-2,9,20-21,24H,3-8,10-11H2. The predicted octanol–water partition coefficient (Wildman–Crippen LogP) is 1.11. The van der Waals surface area contributed by atoms with Crippen molar-refractivity contribution in [3.8, 4) is 0 Å². The van der Waals surface area contributed by atoms with Crippen molar-refractivity contribution >= 4 is 11.6 Å². The maximum atomic E-state index is 13.3. The van der Waals surface area contributed by atoms with Gasteiger partial charge in [-0.15, -0.1) is 0 Å². The molecule has 3 rings (SSSR count). The molecule has 3 N–H and O–H groups in total. The summed E-state index contributed by atoms with van der Waals surface area (Å²) in [4.78, 5) is 14.6. The van der Waals surface area contributed by atoms with Crippen LogP contribution in [-0.2, 0) is 26.1 Å². The number of hydrogen-bond donors (Lipinski definition) is 3. The minimum absolute atomic E-state index is 0.0327. The van der Waals surface area contributed by atoms with Gasteiger partial charge in [-0.25, -0.2) is 4.39 Å². The van der Waals surface area contributed by atoms with Crippen LogP contribution in [0.2, 0.25) is 5.02 Å². The SMILES string of the molecule is O=c1c2c([nH]n1CCNCCO)CN(Cc1ccc(F)c(Cl)c1)CC2. The number of benzene rings is 1. The van der Waals surface area contributed by atoms with E-state index in [1.807, 2.05) is 0 Å². The molecule has 0 radical (unpaired) electrons. The Morgan fingerprint density at radius 3 is 2.96 bits per heavy atom. The highest BCUT2D eigenvalue weighted by molar-refractivity contribution is 6.30. The molecule has 0 aliphatic carbocycles. The van der Waals surface area contributed by atoms with Crippen molar-refractivity contribution < 1.29 is 9.50 Å². The highest BCUT2D eigenvalue weighted by Gasteiger charge is 2.22. The van der Waals surface area contributed by atoms with Crippen LogP contribution in [0.5, 0.6) is 0 Å². The van der Waals surface area contributed by atoms with Gasteiger partial charge in [-0.1, -0.05) is 17.7 Å². The Morgan fingerprint density at radius 2 is 2.20 bits per heavy atom. The molecule has 0 amide bonds. The fourth-order valence-corrected chi connectivity index (χ4v) is 3.32. The van der Waals surface area contributed by atoms with Crippen LogP contribution in [0.4, 0.5) is 4.39 Å². The van der Waals surface area contributed by atoms with Crippen LogP contribution in [0.3, 0.4) is 0 Å². The molecule has 0 fully saturated rings. The predicted molar refractivity (Wildman–Crippen MR) is 94.2 cm³/mol. The number of fused-ring (bicyclic) bond motifs is 1. The average molecular weight is 369 g/mol. The number of aromatic nitrogens is 2. The molecule has 6 nitrogen and oxygen atoms in total. The summed E-state index contributed by atoms with van der Waals surface area (Å²) in [6, 6.07) is 4.76. The van der Waals surface area contributed by atoms with E-state index in [1.165, 1.54) is 6.07 Å². The molecule has 0 bridgehead atoms. The zero-order valence-corrected chi connectivity index (χ0v) is 14.7. The molecular weight excluding hydrogens is 347 g/mol. The van der Waals surface area contributed by atoms with E-state index in [0.717, 1.165) is 23.4 Å². The molecular formula is C17H22ClFN4O2. The van der Waals surface area contributed by atoms with Gasteiger partial charge in [-0.05, 0) is 24.1 Å². The zero-order valence-electron chi connectivity index (χ0n) is 13.9. The van der Waals surface area contributed by atoms with Gasteiger partial charge in [0.25, 0.3) is 5.56 Å².